The van der Waals surface area contributed by atoms with E-state index in [0.29, 0.717) is 6.54 Å². The predicted molar refractivity (Wildman–Crippen MR) is 58.8 cm³/mol. The summed E-state index contributed by atoms with van der Waals surface area (Å²) >= 11 is 0. The first-order valence-corrected chi connectivity index (χ1v) is 5.58. The summed E-state index contributed by atoms with van der Waals surface area (Å²) in [7, 11) is 0. The van der Waals surface area contributed by atoms with Gasteiger partial charge in [-0.2, -0.15) is 13.2 Å². The third-order valence-electron chi connectivity index (χ3n) is 2.73. The SMILES string of the molecule is O=c1cc(CN2CCO[C@H](C(F)(F)F)C2)[nH]c(=O)[nH]1. The van der Waals surface area contributed by atoms with Gasteiger partial charge < -0.3 is 9.72 Å². The summed E-state index contributed by atoms with van der Waals surface area (Å²) in [6.07, 6.45) is -6.25. The van der Waals surface area contributed by atoms with Gasteiger partial charge >= 0.3 is 11.9 Å². The lowest BCUT2D eigenvalue weighted by molar-refractivity contribution is -0.237. The largest absolute Gasteiger partial charge is 0.415 e. The van der Waals surface area contributed by atoms with Gasteiger partial charge in [0.25, 0.3) is 5.56 Å². The summed E-state index contributed by atoms with van der Waals surface area (Å²) in [6, 6.07) is 1.15. The van der Waals surface area contributed by atoms with Crippen LogP contribution in [0, 0.1) is 0 Å². The van der Waals surface area contributed by atoms with Crippen molar-refractivity contribution >= 4 is 0 Å². The van der Waals surface area contributed by atoms with Crippen molar-refractivity contribution in [2.45, 2.75) is 18.8 Å². The van der Waals surface area contributed by atoms with Crippen molar-refractivity contribution in [2.24, 2.45) is 0 Å². The van der Waals surface area contributed by atoms with Crippen molar-refractivity contribution in [3.8, 4) is 0 Å². The van der Waals surface area contributed by atoms with Gasteiger partial charge in [-0.15, -0.1) is 0 Å². The van der Waals surface area contributed by atoms with E-state index in [-0.39, 0.29) is 25.4 Å². The maximum absolute atomic E-state index is 12.5. The van der Waals surface area contributed by atoms with Crippen molar-refractivity contribution < 1.29 is 17.9 Å². The van der Waals surface area contributed by atoms with Crippen LogP contribution in [-0.2, 0) is 11.3 Å². The van der Waals surface area contributed by atoms with E-state index in [1.165, 1.54) is 4.90 Å². The Bertz CT molecular complexity index is 523. The number of ether oxygens (including phenoxy) is 1. The van der Waals surface area contributed by atoms with E-state index in [4.69, 9.17) is 0 Å². The smallest absolute Gasteiger partial charge is 0.366 e. The van der Waals surface area contributed by atoms with Crippen molar-refractivity contribution in [3.05, 3.63) is 32.6 Å². The number of hydrogen-bond donors (Lipinski definition) is 2. The van der Waals surface area contributed by atoms with Gasteiger partial charge in [-0.3, -0.25) is 14.7 Å². The summed E-state index contributed by atoms with van der Waals surface area (Å²) in [5, 5.41) is 0. The van der Waals surface area contributed by atoms with E-state index in [1.807, 2.05) is 4.98 Å². The molecule has 0 aromatic carbocycles. The first-order valence-electron chi connectivity index (χ1n) is 5.58. The molecule has 0 bridgehead atoms. The normalized spacial score (nSPS) is 21.5. The van der Waals surface area contributed by atoms with E-state index in [1.54, 1.807) is 0 Å². The van der Waals surface area contributed by atoms with Gasteiger partial charge in [0.1, 0.15) is 0 Å². The zero-order valence-corrected chi connectivity index (χ0v) is 9.79. The minimum absolute atomic E-state index is 0.0440. The molecule has 1 fully saturated rings. The molecule has 1 aliphatic heterocycles. The quantitative estimate of drug-likeness (QED) is 0.787. The van der Waals surface area contributed by atoms with Crippen LogP contribution in [-0.4, -0.2) is 46.8 Å². The third kappa shape index (κ3) is 3.67. The Hall–Kier alpha value is -1.61. The van der Waals surface area contributed by atoms with Crippen molar-refractivity contribution in [2.75, 3.05) is 19.7 Å². The number of hydrogen-bond acceptors (Lipinski definition) is 4. The molecule has 2 N–H and O–H groups in total. The van der Waals surface area contributed by atoms with Crippen molar-refractivity contribution in [1.82, 2.24) is 14.9 Å². The van der Waals surface area contributed by atoms with Crippen LogP contribution in [0.25, 0.3) is 0 Å². The number of aromatic nitrogens is 2. The summed E-state index contributed by atoms with van der Waals surface area (Å²) in [6.45, 7) is 0.00639. The number of nitrogens with zero attached hydrogens (tertiary/aromatic N) is 1. The second kappa shape index (κ2) is 5.17. The first kappa shape index (κ1) is 13.8. The number of H-pyrrole nitrogens is 2. The van der Waals surface area contributed by atoms with Crippen LogP contribution in [0.2, 0.25) is 0 Å². The summed E-state index contributed by atoms with van der Waals surface area (Å²) < 4.78 is 42.2. The number of rotatable bonds is 2. The van der Waals surface area contributed by atoms with Crippen LogP contribution in [0.4, 0.5) is 13.2 Å². The van der Waals surface area contributed by atoms with Gasteiger partial charge in [-0.1, -0.05) is 0 Å². The van der Waals surface area contributed by atoms with E-state index in [0.717, 1.165) is 6.07 Å². The molecule has 1 atom stereocenters. The molecule has 1 saturated heterocycles. The fourth-order valence-corrected chi connectivity index (χ4v) is 1.89. The van der Waals surface area contributed by atoms with Gasteiger partial charge in [-0.05, 0) is 0 Å². The van der Waals surface area contributed by atoms with E-state index in [9.17, 15) is 22.8 Å². The van der Waals surface area contributed by atoms with Crippen molar-refractivity contribution in [3.63, 3.8) is 0 Å². The monoisotopic (exact) mass is 279 g/mol. The third-order valence-corrected chi connectivity index (χ3v) is 2.73. The molecule has 0 amide bonds. The first-order chi connectivity index (χ1) is 8.84. The van der Waals surface area contributed by atoms with Crippen LogP contribution < -0.4 is 11.2 Å². The molecule has 0 unspecified atom stereocenters. The highest BCUT2D eigenvalue weighted by Crippen LogP contribution is 2.25. The molecule has 9 heteroatoms. The van der Waals surface area contributed by atoms with Gasteiger partial charge in [-0.25, -0.2) is 4.79 Å². The lowest BCUT2D eigenvalue weighted by Crippen LogP contribution is -2.49. The standard InChI is InChI=1S/C10H12F3N3O3/c11-10(12,13)7-5-16(1-2-19-7)4-6-3-8(17)15-9(18)14-6/h3,7H,1-2,4-5H2,(H2,14,15,17,18)/t7-/m0/s1. The number of alkyl halides is 3. The maximum Gasteiger partial charge on any atom is 0.415 e. The molecule has 1 aromatic rings. The molecular formula is C10H12F3N3O3. The van der Waals surface area contributed by atoms with E-state index >= 15 is 0 Å². The number of aromatic amines is 2. The van der Waals surface area contributed by atoms with E-state index < -0.39 is 23.5 Å². The van der Waals surface area contributed by atoms with Crippen LogP contribution in [0.3, 0.4) is 0 Å². The Morgan fingerprint density at radius 3 is 2.74 bits per heavy atom. The second-order valence-corrected chi connectivity index (χ2v) is 4.25. The summed E-state index contributed by atoms with van der Waals surface area (Å²) in [5.41, 5.74) is -0.987. The van der Waals surface area contributed by atoms with Crippen LogP contribution in [0.5, 0.6) is 0 Å². The molecule has 0 radical (unpaired) electrons. The molecule has 106 valence electrons. The van der Waals surface area contributed by atoms with Crippen LogP contribution in [0.1, 0.15) is 5.69 Å². The minimum atomic E-state index is -4.42. The van der Waals surface area contributed by atoms with Crippen LogP contribution >= 0.6 is 0 Å². The molecule has 2 heterocycles. The average molecular weight is 279 g/mol. The zero-order valence-electron chi connectivity index (χ0n) is 9.79. The molecule has 1 aliphatic rings. The lowest BCUT2D eigenvalue weighted by Gasteiger charge is -2.33. The Morgan fingerprint density at radius 2 is 2.11 bits per heavy atom. The molecule has 6 nitrogen and oxygen atoms in total. The number of morpholine rings is 1. The number of nitrogens with one attached hydrogen (secondary N) is 2. The maximum atomic E-state index is 12.5. The second-order valence-electron chi connectivity index (χ2n) is 4.25. The molecule has 19 heavy (non-hydrogen) atoms. The van der Waals surface area contributed by atoms with Gasteiger partial charge in [0.2, 0.25) is 0 Å². The highest BCUT2D eigenvalue weighted by molar-refractivity contribution is 4.99. The highest BCUT2D eigenvalue weighted by Gasteiger charge is 2.43. The molecule has 0 saturated carbocycles. The van der Waals surface area contributed by atoms with Gasteiger partial charge in [0, 0.05) is 31.4 Å². The zero-order chi connectivity index (χ0) is 14.0. The highest BCUT2D eigenvalue weighted by atomic mass is 19.4. The van der Waals surface area contributed by atoms with Crippen LogP contribution in [0.15, 0.2) is 15.7 Å². The minimum Gasteiger partial charge on any atom is -0.366 e. The summed E-state index contributed by atoms with van der Waals surface area (Å²) in [4.78, 5) is 28.0. The lowest BCUT2D eigenvalue weighted by atomic mass is 10.2. The number of halogens is 3. The molecular weight excluding hydrogens is 267 g/mol. The average Bonchev–Trinajstić information content (AvgIpc) is 2.26. The Balaban J connectivity index is 2.07. The fourth-order valence-electron chi connectivity index (χ4n) is 1.89. The van der Waals surface area contributed by atoms with E-state index in [2.05, 4.69) is 9.72 Å². The summed E-state index contributed by atoms with van der Waals surface area (Å²) in [5.74, 6) is 0. The fraction of sp³-hybridized carbons (Fsp3) is 0.600. The molecule has 0 spiro atoms. The van der Waals surface area contributed by atoms with Gasteiger partial charge in [0.05, 0.1) is 6.61 Å². The molecule has 1 aromatic heterocycles. The molecule has 2 rings (SSSR count). The Labute approximate surface area is 105 Å². The Morgan fingerprint density at radius 1 is 1.37 bits per heavy atom. The van der Waals surface area contributed by atoms with Crippen molar-refractivity contribution in [1.29, 1.82) is 0 Å². The molecule has 0 aliphatic carbocycles. The van der Waals surface area contributed by atoms with Gasteiger partial charge in [0.15, 0.2) is 6.10 Å². The Kier molecular flexibility index (Phi) is 3.76. The predicted octanol–water partition coefficient (Wildman–Crippen LogP) is -0.174. The topological polar surface area (TPSA) is 78.2 Å².